The molecule has 2 N–H and O–H groups in total. The van der Waals surface area contributed by atoms with E-state index in [4.69, 9.17) is 9.52 Å². The Kier molecular flexibility index (Phi) is 7.52. The predicted molar refractivity (Wildman–Crippen MR) is 78.6 cm³/mol. The SMILES string of the molecule is CCCC(CCO)CNC(=O)/C=C/c1ccc(Br)o1. The second-order valence-electron chi connectivity index (χ2n) is 4.39. The summed E-state index contributed by atoms with van der Waals surface area (Å²) in [4.78, 5) is 11.6. The maximum atomic E-state index is 11.6. The highest BCUT2D eigenvalue weighted by atomic mass is 79.9. The fourth-order valence-electron chi connectivity index (χ4n) is 1.82. The van der Waals surface area contributed by atoms with E-state index in [-0.39, 0.29) is 12.5 Å². The van der Waals surface area contributed by atoms with Crippen LogP contribution in [0.5, 0.6) is 0 Å². The minimum absolute atomic E-state index is 0.147. The van der Waals surface area contributed by atoms with Gasteiger partial charge in [0.05, 0.1) is 0 Å². The summed E-state index contributed by atoms with van der Waals surface area (Å²) in [6, 6.07) is 3.55. The number of carbonyl (C=O) groups is 1. The number of amides is 1. The Balaban J connectivity index is 2.35. The van der Waals surface area contributed by atoms with E-state index in [1.807, 2.05) is 0 Å². The van der Waals surface area contributed by atoms with Crippen molar-refractivity contribution < 1.29 is 14.3 Å². The first-order chi connectivity index (χ1) is 9.15. The van der Waals surface area contributed by atoms with Gasteiger partial charge in [0.15, 0.2) is 4.67 Å². The van der Waals surface area contributed by atoms with Crippen LogP contribution in [0.1, 0.15) is 31.9 Å². The lowest BCUT2D eigenvalue weighted by Gasteiger charge is -2.14. The molecule has 1 heterocycles. The first-order valence-corrected chi connectivity index (χ1v) is 7.27. The summed E-state index contributed by atoms with van der Waals surface area (Å²) in [5, 5.41) is 11.8. The van der Waals surface area contributed by atoms with Gasteiger partial charge in [0.1, 0.15) is 5.76 Å². The van der Waals surface area contributed by atoms with E-state index in [0.29, 0.717) is 22.9 Å². The summed E-state index contributed by atoms with van der Waals surface area (Å²) in [7, 11) is 0. The van der Waals surface area contributed by atoms with Crippen molar-refractivity contribution in [1.29, 1.82) is 0 Å². The number of halogens is 1. The highest BCUT2D eigenvalue weighted by Gasteiger charge is 2.08. The average Bonchev–Trinajstić information content (AvgIpc) is 2.80. The van der Waals surface area contributed by atoms with Crippen LogP contribution in [0.25, 0.3) is 6.08 Å². The van der Waals surface area contributed by atoms with Gasteiger partial charge >= 0.3 is 0 Å². The second-order valence-corrected chi connectivity index (χ2v) is 5.17. The third-order valence-corrected chi connectivity index (χ3v) is 3.22. The van der Waals surface area contributed by atoms with Crippen LogP contribution < -0.4 is 5.32 Å². The lowest BCUT2D eigenvalue weighted by atomic mass is 10.0. The molecule has 0 aliphatic carbocycles. The van der Waals surface area contributed by atoms with Crippen LogP contribution in [0.4, 0.5) is 0 Å². The van der Waals surface area contributed by atoms with E-state index in [0.717, 1.165) is 19.3 Å². The number of hydrogen-bond donors (Lipinski definition) is 2. The summed E-state index contributed by atoms with van der Waals surface area (Å²) >= 11 is 3.20. The minimum atomic E-state index is -0.147. The molecule has 0 aliphatic heterocycles. The van der Waals surface area contributed by atoms with Gasteiger partial charge in [-0.3, -0.25) is 4.79 Å². The van der Waals surface area contributed by atoms with Crippen molar-refractivity contribution >= 4 is 27.9 Å². The van der Waals surface area contributed by atoms with Crippen LogP contribution in [0.2, 0.25) is 0 Å². The van der Waals surface area contributed by atoms with Gasteiger partial charge in [-0.15, -0.1) is 0 Å². The topological polar surface area (TPSA) is 62.5 Å². The molecule has 0 saturated carbocycles. The van der Waals surface area contributed by atoms with Gasteiger partial charge in [-0.1, -0.05) is 13.3 Å². The zero-order valence-electron chi connectivity index (χ0n) is 11.1. The summed E-state index contributed by atoms with van der Waals surface area (Å²) in [5.41, 5.74) is 0. The standard InChI is InChI=1S/C14H20BrNO3/c1-2-3-11(8-9-17)10-16-14(18)7-5-12-4-6-13(15)19-12/h4-7,11,17H,2-3,8-10H2,1H3,(H,16,18)/b7-5+. The summed E-state index contributed by atoms with van der Waals surface area (Å²) in [5.74, 6) is 0.819. The number of nitrogens with one attached hydrogen (secondary N) is 1. The Morgan fingerprint density at radius 2 is 2.32 bits per heavy atom. The second kappa shape index (κ2) is 8.93. The van der Waals surface area contributed by atoms with Gasteiger partial charge in [-0.2, -0.15) is 0 Å². The third-order valence-electron chi connectivity index (χ3n) is 2.79. The van der Waals surface area contributed by atoms with Crippen molar-refractivity contribution in [1.82, 2.24) is 5.32 Å². The molecule has 4 nitrogen and oxygen atoms in total. The van der Waals surface area contributed by atoms with E-state index >= 15 is 0 Å². The van der Waals surface area contributed by atoms with E-state index in [1.54, 1.807) is 18.2 Å². The molecule has 0 fully saturated rings. The number of furan rings is 1. The maximum Gasteiger partial charge on any atom is 0.244 e. The average molecular weight is 330 g/mol. The zero-order chi connectivity index (χ0) is 14.1. The fraction of sp³-hybridized carbons (Fsp3) is 0.500. The molecule has 1 aromatic rings. The molecular formula is C14H20BrNO3. The molecule has 1 amide bonds. The Labute approximate surface area is 122 Å². The Hall–Kier alpha value is -1.07. The monoisotopic (exact) mass is 329 g/mol. The Morgan fingerprint density at radius 1 is 1.53 bits per heavy atom. The van der Waals surface area contributed by atoms with E-state index in [9.17, 15) is 4.79 Å². The molecule has 1 aromatic heterocycles. The van der Waals surface area contributed by atoms with Crippen molar-refractivity contribution in [3.05, 3.63) is 28.6 Å². The highest BCUT2D eigenvalue weighted by Crippen LogP contribution is 2.15. The zero-order valence-corrected chi connectivity index (χ0v) is 12.6. The molecular weight excluding hydrogens is 310 g/mol. The van der Waals surface area contributed by atoms with Gasteiger partial charge in [0.25, 0.3) is 0 Å². The van der Waals surface area contributed by atoms with Crippen molar-refractivity contribution in [2.45, 2.75) is 26.2 Å². The van der Waals surface area contributed by atoms with Crippen LogP contribution in [-0.4, -0.2) is 24.2 Å². The molecule has 0 saturated heterocycles. The molecule has 1 rings (SSSR count). The number of aliphatic hydroxyl groups excluding tert-OH is 1. The first kappa shape index (κ1) is 16.0. The van der Waals surface area contributed by atoms with Crippen LogP contribution in [0.15, 0.2) is 27.3 Å². The lowest BCUT2D eigenvalue weighted by Crippen LogP contribution is -2.28. The number of rotatable bonds is 8. The van der Waals surface area contributed by atoms with Gasteiger partial charge in [0.2, 0.25) is 5.91 Å². The van der Waals surface area contributed by atoms with Crippen molar-refractivity contribution in [3.8, 4) is 0 Å². The van der Waals surface area contributed by atoms with Gasteiger partial charge in [0, 0.05) is 19.2 Å². The van der Waals surface area contributed by atoms with Crippen molar-refractivity contribution in [2.75, 3.05) is 13.2 Å². The molecule has 1 unspecified atom stereocenters. The first-order valence-electron chi connectivity index (χ1n) is 6.47. The summed E-state index contributed by atoms with van der Waals surface area (Å²) in [6.07, 6.45) is 5.86. The van der Waals surface area contributed by atoms with Gasteiger partial charge in [-0.25, -0.2) is 0 Å². The number of hydrogen-bond acceptors (Lipinski definition) is 3. The van der Waals surface area contributed by atoms with E-state index in [1.165, 1.54) is 6.08 Å². The lowest BCUT2D eigenvalue weighted by molar-refractivity contribution is -0.116. The fourth-order valence-corrected chi connectivity index (χ4v) is 2.14. The molecule has 0 radical (unpaired) electrons. The van der Waals surface area contributed by atoms with Crippen LogP contribution in [0, 0.1) is 5.92 Å². The predicted octanol–water partition coefficient (Wildman–Crippen LogP) is 2.97. The molecule has 5 heteroatoms. The van der Waals surface area contributed by atoms with Crippen LogP contribution in [0.3, 0.4) is 0 Å². The minimum Gasteiger partial charge on any atom is -0.450 e. The molecule has 106 valence electrons. The largest absolute Gasteiger partial charge is 0.450 e. The number of aliphatic hydroxyl groups is 1. The van der Waals surface area contributed by atoms with Gasteiger partial charge in [-0.05, 0) is 52.9 Å². The molecule has 19 heavy (non-hydrogen) atoms. The highest BCUT2D eigenvalue weighted by molar-refractivity contribution is 9.10. The van der Waals surface area contributed by atoms with Crippen molar-refractivity contribution in [3.63, 3.8) is 0 Å². The Morgan fingerprint density at radius 3 is 2.89 bits per heavy atom. The maximum absolute atomic E-state index is 11.6. The molecule has 0 aliphatic rings. The van der Waals surface area contributed by atoms with Crippen LogP contribution in [-0.2, 0) is 4.79 Å². The van der Waals surface area contributed by atoms with Crippen molar-refractivity contribution in [2.24, 2.45) is 5.92 Å². The van der Waals surface area contributed by atoms with E-state index in [2.05, 4.69) is 28.2 Å². The van der Waals surface area contributed by atoms with E-state index < -0.39 is 0 Å². The number of carbonyl (C=O) groups excluding carboxylic acids is 1. The summed E-state index contributed by atoms with van der Waals surface area (Å²) < 4.78 is 5.89. The van der Waals surface area contributed by atoms with Crippen LogP contribution >= 0.6 is 15.9 Å². The summed E-state index contributed by atoms with van der Waals surface area (Å²) in [6.45, 7) is 2.86. The Bertz CT molecular complexity index is 409. The molecule has 0 bridgehead atoms. The third kappa shape index (κ3) is 6.59. The molecule has 0 spiro atoms. The van der Waals surface area contributed by atoms with Gasteiger partial charge < -0.3 is 14.8 Å². The smallest absolute Gasteiger partial charge is 0.244 e. The molecule has 0 aromatic carbocycles. The molecule has 1 atom stereocenters. The normalized spacial score (nSPS) is 12.8. The quantitative estimate of drug-likeness (QED) is 0.721.